The summed E-state index contributed by atoms with van der Waals surface area (Å²) in [5, 5.41) is 3.23. The standard InChI is InChI=1S/C15H23BrN4O2S/c1-17-15(18-8-10-20-9-5-11-23(20,21)22)19(2)12-13-6-3-4-7-14(13)16/h3-4,6-7H,5,8-12H2,1-2H3,(H,17,18). The Morgan fingerprint density at radius 3 is 2.78 bits per heavy atom. The van der Waals surface area contributed by atoms with Gasteiger partial charge in [0.1, 0.15) is 0 Å². The highest BCUT2D eigenvalue weighted by molar-refractivity contribution is 9.10. The van der Waals surface area contributed by atoms with Gasteiger partial charge in [0.2, 0.25) is 10.0 Å². The molecular weight excluding hydrogens is 380 g/mol. The Morgan fingerprint density at radius 2 is 2.17 bits per heavy atom. The first-order valence-electron chi connectivity index (χ1n) is 7.57. The number of aliphatic imine (C=N–C) groups is 1. The van der Waals surface area contributed by atoms with Crippen LogP contribution in [0.25, 0.3) is 0 Å². The lowest BCUT2D eigenvalue weighted by atomic mass is 10.2. The van der Waals surface area contributed by atoms with Gasteiger partial charge in [-0.15, -0.1) is 0 Å². The normalized spacial score (nSPS) is 18.1. The van der Waals surface area contributed by atoms with Gasteiger partial charge in [-0.3, -0.25) is 4.99 Å². The molecule has 0 atom stereocenters. The lowest BCUT2D eigenvalue weighted by molar-refractivity contribution is 0.432. The molecule has 0 amide bonds. The summed E-state index contributed by atoms with van der Waals surface area (Å²) in [5.41, 5.74) is 1.17. The Labute approximate surface area is 146 Å². The molecule has 0 saturated carbocycles. The average molecular weight is 403 g/mol. The number of hydrogen-bond donors (Lipinski definition) is 1. The third-order valence-corrected chi connectivity index (χ3v) is 6.52. The van der Waals surface area contributed by atoms with E-state index in [2.05, 4.69) is 32.3 Å². The van der Waals surface area contributed by atoms with Crippen molar-refractivity contribution in [2.75, 3.05) is 39.5 Å². The number of hydrogen-bond acceptors (Lipinski definition) is 3. The minimum Gasteiger partial charge on any atom is -0.355 e. The highest BCUT2D eigenvalue weighted by Gasteiger charge is 2.27. The van der Waals surface area contributed by atoms with Crippen LogP contribution in [0.1, 0.15) is 12.0 Å². The SMILES string of the molecule is CN=C(NCCN1CCCS1(=O)=O)N(C)Cc1ccccc1Br. The fourth-order valence-electron chi connectivity index (χ4n) is 2.58. The van der Waals surface area contributed by atoms with Crippen LogP contribution in [0.5, 0.6) is 0 Å². The van der Waals surface area contributed by atoms with E-state index in [1.807, 2.05) is 30.1 Å². The highest BCUT2D eigenvalue weighted by atomic mass is 79.9. The number of nitrogens with one attached hydrogen (secondary N) is 1. The number of halogens is 1. The first kappa shape index (κ1) is 18.2. The van der Waals surface area contributed by atoms with Gasteiger partial charge in [0.25, 0.3) is 0 Å². The van der Waals surface area contributed by atoms with Crippen LogP contribution in [0, 0.1) is 0 Å². The maximum absolute atomic E-state index is 11.8. The van der Waals surface area contributed by atoms with E-state index in [0.29, 0.717) is 26.2 Å². The molecule has 0 bridgehead atoms. The summed E-state index contributed by atoms with van der Waals surface area (Å²) < 4.78 is 26.1. The third kappa shape index (κ3) is 4.92. The quantitative estimate of drug-likeness (QED) is 0.598. The number of sulfonamides is 1. The van der Waals surface area contributed by atoms with Crippen molar-refractivity contribution in [2.45, 2.75) is 13.0 Å². The first-order chi connectivity index (χ1) is 10.9. The van der Waals surface area contributed by atoms with E-state index in [-0.39, 0.29) is 5.75 Å². The van der Waals surface area contributed by atoms with Crippen molar-refractivity contribution in [3.63, 3.8) is 0 Å². The molecule has 0 spiro atoms. The molecule has 0 unspecified atom stereocenters. The average Bonchev–Trinajstić information content (AvgIpc) is 2.84. The lowest BCUT2D eigenvalue weighted by Gasteiger charge is -2.23. The van der Waals surface area contributed by atoms with Crippen molar-refractivity contribution in [2.24, 2.45) is 4.99 Å². The molecule has 128 valence electrons. The van der Waals surface area contributed by atoms with Crippen LogP contribution in [0.2, 0.25) is 0 Å². The van der Waals surface area contributed by atoms with E-state index in [1.54, 1.807) is 11.4 Å². The van der Waals surface area contributed by atoms with Crippen LogP contribution in [-0.2, 0) is 16.6 Å². The molecule has 1 aliphatic heterocycles. The van der Waals surface area contributed by atoms with Gasteiger partial charge in [0, 0.05) is 44.7 Å². The summed E-state index contributed by atoms with van der Waals surface area (Å²) in [6.07, 6.45) is 0.721. The van der Waals surface area contributed by atoms with Gasteiger partial charge in [-0.05, 0) is 18.1 Å². The predicted octanol–water partition coefficient (Wildman–Crippen LogP) is 1.49. The van der Waals surface area contributed by atoms with Gasteiger partial charge in [0.05, 0.1) is 5.75 Å². The van der Waals surface area contributed by atoms with Crippen molar-refractivity contribution in [3.8, 4) is 0 Å². The van der Waals surface area contributed by atoms with Gasteiger partial charge >= 0.3 is 0 Å². The van der Waals surface area contributed by atoms with Gasteiger partial charge in [-0.25, -0.2) is 12.7 Å². The Balaban J connectivity index is 1.86. The van der Waals surface area contributed by atoms with Gasteiger partial charge in [0.15, 0.2) is 5.96 Å². The summed E-state index contributed by atoms with van der Waals surface area (Å²) >= 11 is 3.55. The smallest absolute Gasteiger partial charge is 0.214 e. The second kappa shape index (κ2) is 8.12. The minimum absolute atomic E-state index is 0.268. The minimum atomic E-state index is -3.03. The van der Waals surface area contributed by atoms with Gasteiger partial charge in [-0.2, -0.15) is 0 Å². The van der Waals surface area contributed by atoms with Crippen molar-refractivity contribution in [1.29, 1.82) is 0 Å². The van der Waals surface area contributed by atoms with Crippen LogP contribution >= 0.6 is 15.9 Å². The van der Waals surface area contributed by atoms with Crippen molar-refractivity contribution in [1.82, 2.24) is 14.5 Å². The zero-order valence-corrected chi connectivity index (χ0v) is 15.9. The molecule has 2 rings (SSSR count). The highest BCUT2D eigenvalue weighted by Crippen LogP contribution is 2.17. The van der Waals surface area contributed by atoms with Crippen LogP contribution in [0.3, 0.4) is 0 Å². The molecule has 1 fully saturated rings. The second-order valence-corrected chi connectivity index (χ2v) is 8.43. The third-order valence-electron chi connectivity index (χ3n) is 3.79. The molecule has 0 radical (unpaired) electrons. The Kier molecular flexibility index (Phi) is 6.43. The number of nitrogens with zero attached hydrogens (tertiary/aromatic N) is 3. The van der Waals surface area contributed by atoms with Crippen LogP contribution < -0.4 is 5.32 Å². The van der Waals surface area contributed by atoms with E-state index >= 15 is 0 Å². The molecule has 1 aliphatic rings. The summed E-state index contributed by atoms with van der Waals surface area (Å²) in [5.74, 6) is 1.02. The molecule has 23 heavy (non-hydrogen) atoms. The summed E-state index contributed by atoms with van der Waals surface area (Å²) in [7, 11) is 0.655. The van der Waals surface area contributed by atoms with Crippen LogP contribution in [0.4, 0.5) is 0 Å². The molecule has 1 aromatic carbocycles. The van der Waals surface area contributed by atoms with Crippen molar-refractivity contribution >= 4 is 31.9 Å². The fourth-order valence-corrected chi connectivity index (χ4v) is 4.52. The zero-order chi connectivity index (χ0) is 16.9. The summed E-state index contributed by atoms with van der Waals surface area (Å²) in [4.78, 5) is 6.27. The van der Waals surface area contributed by atoms with Gasteiger partial charge < -0.3 is 10.2 Å². The second-order valence-electron chi connectivity index (χ2n) is 5.49. The molecule has 1 aromatic rings. The largest absolute Gasteiger partial charge is 0.355 e. The number of benzene rings is 1. The Bertz CT molecular complexity index is 663. The fraction of sp³-hybridized carbons (Fsp3) is 0.533. The maximum Gasteiger partial charge on any atom is 0.214 e. The molecule has 8 heteroatoms. The number of rotatable bonds is 5. The molecular formula is C15H23BrN4O2S. The van der Waals surface area contributed by atoms with Crippen LogP contribution in [-0.4, -0.2) is 63.1 Å². The van der Waals surface area contributed by atoms with Gasteiger partial charge in [-0.1, -0.05) is 34.1 Å². The molecule has 0 aromatic heterocycles. The monoisotopic (exact) mass is 402 g/mol. The molecule has 1 heterocycles. The van der Waals surface area contributed by atoms with Crippen molar-refractivity contribution < 1.29 is 8.42 Å². The Hall–Kier alpha value is -1.12. The van der Waals surface area contributed by atoms with E-state index in [4.69, 9.17) is 0 Å². The van der Waals surface area contributed by atoms with Crippen LogP contribution in [0.15, 0.2) is 33.7 Å². The Morgan fingerprint density at radius 1 is 1.43 bits per heavy atom. The molecule has 1 N–H and O–H groups in total. The summed E-state index contributed by atoms with van der Waals surface area (Å²) in [6, 6.07) is 8.06. The summed E-state index contributed by atoms with van der Waals surface area (Å²) in [6.45, 7) is 2.36. The van der Waals surface area contributed by atoms with E-state index in [1.165, 1.54) is 5.56 Å². The maximum atomic E-state index is 11.8. The lowest BCUT2D eigenvalue weighted by Crippen LogP contribution is -2.42. The zero-order valence-electron chi connectivity index (χ0n) is 13.5. The first-order valence-corrected chi connectivity index (χ1v) is 9.97. The molecule has 1 saturated heterocycles. The van der Waals surface area contributed by atoms with E-state index < -0.39 is 10.0 Å². The van der Waals surface area contributed by atoms with Crippen molar-refractivity contribution in [3.05, 3.63) is 34.3 Å². The topological polar surface area (TPSA) is 65.0 Å². The molecule has 0 aliphatic carbocycles. The molecule has 6 nitrogen and oxygen atoms in total. The number of guanidine groups is 1. The predicted molar refractivity (Wildman–Crippen MR) is 96.9 cm³/mol. The van der Waals surface area contributed by atoms with E-state index in [9.17, 15) is 8.42 Å². The van der Waals surface area contributed by atoms with E-state index in [0.717, 1.165) is 16.9 Å².